The number of halogens is 1. The fourth-order valence-electron chi connectivity index (χ4n) is 6.41. The van der Waals surface area contributed by atoms with Crippen molar-refractivity contribution in [2.45, 2.75) is 36.8 Å². The van der Waals surface area contributed by atoms with Gasteiger partial charge in [0, 0.05) is 16.7 Å². The average molecular weight is 543 g/mol. The minimum atomic E-state index is -0.618. The molecule has 41 heavy (non-hydrogen) atoms. The van der Waals surface area contributed by atoms with Crippen molar-refractivity contribution in [1.82, 2.24) is 24.6 Å². The molecule has 2 fully saturated rings. The molecule has 3 N–H and O–H groups in total. The molecule has 0 bridgehead atoms. The van der Waals surface area contributed by atoms with Gasteiger partial charge < -0.3 is 10.8 Å². The van der Waals surface area contributed by atoms with Crippen LogP contribution in [-0.2, 0) is 5.54 Å². The quantitative estimate of drug-likeness (QED) is 0.281. The molecule has 6 aromatic rings. The molecule has 0 aliphatic heterocycles. The lowest BCUT2D eigenvalue weighted by Gasteiger charge is -2.52. The number of benzene rings is 3. The minimum Gasteiger partial charge on any atom is -0.389 e. The largest absolute Gasteiger partial charge is 0.389 e. The van der Waals surface area contributed by atoms with E-state index in [0.717, 1.165) is 35.2 Å². The molecule has 8 heteroatoms. The minimum absolute atomic E-state index is 0.343. The third kappa shape index (κ3) is 3.86. The molecule has 2 aliphatic rings. The third-order valence-corrected chi connectivity index (χ3v) is 8.67. The van der Waals surface area contributed by atoms with Crippen molar-refractivity contribution in [2.75, 3.05) is 0 Å². The van der Waals surface area contributed by atoms with E-state index < -0.39 is 11.1 Å². The Bertz CT molecular complexity index is 1940. The zero-order chi connectivity index (χ0) is 27.8. The lowest BCUT2D eigenvalue weighted by atomic mass is 9.60. The SMILES string of the molecule is N[C@]1(c2ccc(-c3nc4ccc5nnc(-c6ccccc6F)n5c4nc3-c3ccccc3)cc2)C[C@](O)(C2CC2)C1. The van der Waals surface area contributed by atoms with E-state index >= 15 is 0 Å². The molecule has 0 atom stereocenters. The van der Waals surface area contributed by atoms with E-state index in [1.165, 1.54) is 6.07 Å². The summed E-state index contributed by atoms with van der Waals surface area (Å²) in [6, 6.07) is 28.2. The van der Waals surface area contributed by atoms with Crippen molar-refractivity contribution in [3.63, 3.8) is 0 Å². The van der Waals surface area contributed by atoms with Crippen molar-refractivity contribution < 1.29 is 9.50 Å². The van der Waals surface area contributed by atoms with Gasteiger partial charge in [-0.1, -0.05) is 66.7 Å². The van der Waals surface area contributed by atoms with Crippen LogP contribution in [0.3, 0.4) is 0 Å². The van der Waals surface area contributed by atoms with Crippen molar-refractivity contribution >= 4 is 16.8 Å². The van der Waals surface area contributed by atoms with E-state index in [2.05, 4.69) is 10.2 Å². The van der Waals surface area contributed by atoms with Gasteiger partial charge in [0.05, 0.1) is 22.6 Å². The Hall–Kier alpha value is -4.53. The highest BCUT2D eigenvalue weighted by Gasteiger charge is 2.58. The van der Waals surface area contributed by atoms with E-state index in [-0.39, 0.29) is 5.82 Å². The Morgan fingerprint density at radius 1 is 0.780 bits per heavy atom. The van der Waals surface area contributed by atoms with Crippen molar-refractivity contribution in [2.24, 2.45) is 11.7 Å². The fourth-order valence-corrected chi connectivity index (χ4v) is 6.41. The number of aliphatic hydroxyl groups is 1. The second kappa shape index (κ2) is 8.73. The van der Waals surface area contributed by atoms with Crippen LogP contribution in [0.4, 0.5) is 4.39 Å². The molecule has 3 heterocycles. The summed E-state index contributed by atoms with van der Waals surface area (Å²) < 4.78 is 16.6. The normalized spacial score (nSPS) is 22.2. The van der Waals surface area contributed by atoms with E-state index in [4.69, 9.17) is 15.7 Å². The first-order chi connectivity index (χ1) is 19.9. The number of nitrogens with zero attached hydrogens (tertiary/aromatic N) is 5. The van der Waals surface area contributed by atoms with Gasteiger partial charge in [0.15, 0.2) is 17.1 Å². The smallest absolute Gasteiger partial charge is 0.173 e. The number of pyridine rings is 1. The first-order valence-corrected chi connectivity index (χ1v) is 13.9. The summed E-state index contributed by atoms with van der Waals surface area (Å²) in [4.78, 5) is 10.2. The summed E-state index contributed by atoms with van der Waals surface area (Å²) in [6.07, 6.45) is 3.37. The summed E-state index contributed by atoms with van der Waals surface area (Å²) in [7, 11) is 0. The Kier molecular flexibility index (Phi) is 5.17. The van der Waals surface area contributed by atoms with Gasteiger partial charge in [-0.05, 0) is 61.4 Å². The molecule has 3 aromatic heterocycles. The van der Waals surface area contributed by atoms with E-state index in [1.807, 2.05) is 66.7 Å². The highest BCUT2D eigenvalue weighted by atomic mass is 19.1. The van der Waals surface area contributed by atoms with Gasteiger partial charge in [0.1, 0.15) is 11.3 Å². The maximum Gasteiger partial charge on any atom is 0.173 e. The predicted octanol–water partition coefficient (Wildman–Crippen LogP) is 5.90. The number of hydrogen-bond donors (Lipinski definition) is 2. The van der Waals surface area contributed by atoms with Crippen LogP contribution in [0.15, 0.2) is 91.0 Å². The molecule has 7 nitrogen and oxygen atoms in total. The Labute approximate surface area is 235 Å². The van der Waals surface area contributed by atoms with Crippen LogP contribution in [-0.4, -0.2) is 35.3 Å². The Morgan fingerprint density at radius 2 is 1.46 bits per heavy atom. The molecular weight excluding hydrogens is 515 g/mol. The second-order valence-electron chi connectivity index (χ2n) is 11.5. The fraction of sp³-hybridized carbons (Fsp3) is 0.212. The molecule has 8 rings (SSSR count). The predicted molar refractivity (Wildman–Crippen MR) is 155 cm³/mol. The second-order valence-corrected chi connectivity index (χ2v) is 11.5. The summed E-state index contributed by atoms with van der Waals surface area (Å²) >= 11 is 0. The highest BCUT2D eigenvalue weighted by molar-refractivity contribution is 5.87. The zero-order valence-electron chi connectivity index (χ0n) is 22.2. The molecule has 0 radical (unpaired) electrons. The van der Waals surface area contributed by atoms with Crippen molar-refractivity contribution in [3.05, 3.63) is 102 Å². The lowest BCUT2D eigenvalue weighted by molar-refractivity contribution is -0.106. The van der Waals surface area contributed by atoms with Crippen LogP contribution in [0, 0.1) is 11.7 Å². The Balaban J connectivity index is 1.27. The summed E-state index contributed by atoms with van der Waals surface area (Å²) in [5.74, 6) is 0.385. The number of aromatic nitrogens is 5. The van der Waals surface area contributed by atoms with Gasteiger partial charge in [-0.2, -0.15) is 0 Å². The first-order valence-electron chi connectivity index (χ1n) is 13.9. The van der Waals surface area contributed by atoms with Gasteiger partial charge >= 0.3 is 0 Å². The molecular formula is C33H27FN6O. The molecule has 0 spiro atoms. The Morgan fingerprint density at radius 3 is 2.20 bits per heavy atom. The van der Waals surface area contributed by atoms with Crippen LogP contribution in [0.1, 0.15) is 31.2 Å². The van der Waals surface area contributed by atoms with Crippen LogP contribution >= 0.6 is 0 Å². The van der Waals surface area contributed by atoms with Crippen molar-refractivity contribution in [1.29, 1.82) is 0 Å². The maximum absolute atomic E-state index is 14.8. The summed E-state index contributed by atoms with van der Waals surface area (Å²) in [5.41, 5.74) is 11.9. The lowest BCUT2D eigenvalue weighted by Crippen LogP contribution is -2.60. The van der Waals surface area contributed by atoms with Gasteiger partial charge in [0.2, 0.25) is 0 Å². The third-order valence-electron chi connectivity index (χ3n) is 8.67. The molecule has 202 valence electrons. The van der Waals surface area contributed by atoms with Gasteiger partial charge in [-0.25, -0.2) is 14.4 Å². The van der Waals surface area contributed by atoms with Crippen LogP contribution < -0.4 is 5.73 Å². The van der Waals surface area contributed by atoms with E-state index in [1.54, 1.807) is 22.6 Å². The van der Waals surface area contributed by atoms with Crippen LogP contribution in [0.2, 0.25) is 0 Å². The van der Waals surface area contributed by atoms with E-state index in [9.17, 15) is 9.50 Å². The molecule has 3 aromatic carbocycles. The van der Waals surface area contributed by atoms with Gasteiger partial charge in [0.25, 0.3) is 0 Å². The molecule has 2 aliphatic carbocycles. The average Bonchev–Trinajstić information content (AvgIpc) is 3.76. The van der Waals surface area contributed by atoms with Crippen LogP contribution in [0.25, 0.3) is 50.7 Å². The molecule has 0 unspecified atom stereocenters. The molecule has 0 saturated heterocycles. The van der Waals surface area contributed by atoms with Crippen molar-refractivity contribution in [3.8, 4) is 33.9 Å². The number of nitrogens with two attached hydrogens (primary N) is 1. The zero-order valence-corrected chi connectivity index (χ0v) is 22.2. The molecule has 0 amide bonds. The van der Waals surface area contributed by atoms with E-state index in [0.29, 0.717) is 52.7 Å². The number of hydrogen-bond acceptors (Lipinski definition) is 6. The first kappa shape index (κ1) is 24.3. The maximum atomic E-state index is 14.8. The van der Waals surface area contributed by atoms with Gasteiger partial charge in [-0.3, -0.25) is 4.40 Å². The molecule has 2 saturated carbocycles. The standard InChI is InChI=1S/C33H27FN6O/c34-25-9-5-4-8-24(25)30-39-38-27-17-16-26-31(40(27)30)37-29(20-6-2-1-3-7-20)28(36-26)21-10-12-22(13-11-21)32(35)18-33(41,19-32)23-14-15-23/h1-13,16-17,23,41H,14-15,18-19,35H2/t32-,33-. The highest BCUT2D eigenvalue weighted by Crippen LogP contribution is 2.57. The number of fused-ring (bicyclic) bond motifs is 3. The number of rotatable bonds is 5. The topological polar surface area (TPSA) is 102 Å². The van der Waals surface area contributed by atoms with Crippen LogP contribution in [0.5, 0.6) is 0 Å². The summed E-state index contributed by atoms with van der Waals surface area (Å²) in [6.45, 7) is 0. The summed E-state index contributed by atoms with van der Waals surface area (Å²) in [5, 5.41) is 19.5. The monoisotopic (exact) mass is 542 g/mol. The van der Waals surface area contributed by atoms with Gasteiger partial charge in [-0.15, -0.1) is 10.2 Å².